The van der Waals surface area contributed by atoms with Crippen LogP contribution >= 0.6 is 0 Å². The Morgan fingerprint density at radius 2 is 2.14 bits per heavy atom. The van der Waals surface area contributed by atoms with Gasteiger partial charge in [-0.05, 0) is 37.0 Å². The molecule has 76 valence electrons. The van der Waals surface area contributed by atoms with Crippen molar-refractivity contribution in [3.05, 3.63) is 34.4 Å². The molecule has 0 amide bonds. The predicted molar refractivity (Wildman–Crippen MR) is 55.4 cm³/mol. The normalized spacial score (nSPS) is 21.5. The first-order valence-electron chi connectivity index (χ1n) is 5.04. The van der Waals surface area contributed by atoms with Gasteiger partial charge in [-0.25, -0.2) is 0 Å². The molecule has 0 saturated heterocycles. The molecule has 1 aliphatic heterocycles. The maximum absolute atomic E-state index is 9.87. The first-order valence-corrected chi connectivity index (χ1v) is 5.04. The molecule has 0 saturated carbocycles. The summed E-state index contributed by atoms with van der Waals surface area (Å²) in [6.07, 6.45) is 0.462. The standard InChI is InChI=1S/C12H16O2/c1-8-5-9(2)10-3-4-14-7-12(13)11(10)6-8/h5-6,12-13H,3-4,7H2,1-2H3. The van der Waals surface area contributed by atoms with Gasteiger partial charge in [0.25, 0.3) is 0 Å². The molecule has 1 aromatic rings. The Morgan fingerprint density at radius 3 is 2.93 bits per heavy atom. The van der Waals surface area contributed by atoms with E-state index < -0.39 is 6.10 Å². The van der Waals surface area contributed by atoms with Crippen LogP contribution in [0.25, 0.3) is 0 Å². The van der Waals surface area contributed by atoms with Crippen molar-refractivity contribution in [1.29, 1.82) is 0 Å². The molecule has 1 N–H and O–H groups in total. The maximum atomic E-state index is 9.87. The van der Waals surface area contributed by atoms with Gasteiger partial charge in [-0.2, -0.15) is 0 Å². The second-order valence-electron chi connectivity index (χ2n) is 3.99. The Balaban J connectivity index is 2.53. The molecule has 2 nitrogen and oxygen atoms in total. The first kappa shape index (κ1) is 9.69. The summed E-state index contributed by atoms with van der Waals surface area (Å²) in [5, 5.41) is 9.87. The molecule has 1 heterocycles. The third kappa shape index (κ3) is 1.68. The molecule has 0 fully saturated rings. The van der Waals surface area contributed by atoms with Gasteiger partial charge in [0.15, 0.2) is 0 Å². The molecule has 1 aromatic carbocycles. The molecule has 1 unspecified atom stereocenters. The Hall–Kier alpha value is -0.860. The lowest BCUT2D eigenvalue weighted by molar-refractivity contribution is 0.0451. The fraction of sp³-hybridized carbons (Fsp3) is 0.500. The van der Waals surface area contributed by atoms with Crippen LogP contribution in [0.4, 0.5) is 0 Å². The quantitative estimate of drug-likeness (QED) is 0.680. The van der Waals surface area contributed by atoms with Crippen LogP contribution in [-0.4, -0.2) is 18.3 Å². The fourth-order valence-electron chi connectivity index (χ4n) is 2.13. The van der Waals surface area contributed by atoms with E-state index in [4.69, 9.17) is 4.74 Å². The second-order valence-corrected chi connectivity index (χ2v) is 3.99. The summed E-state index contributed by atoms with van der Waals surface area (Å²) >= 11 is 0. The lowest BCUT2D eigenvalue weighted by Gasteiger charge is -2.14. The summed E-state index contributed by atoms with van der Waals surface area (Å²) in [7, 11) is 0. The van der Waals surface area contributed by atoms with Crippen LogP contribution in [0.1, 0.15) is 28.4 Å². The van der Waals surface area contributed by atoms with Crippen molar-refractivity contribution in [1.82, 2.24) is 0 Å². The van der Waals surface area contributed by atoms with Gasteiger partial charge in [-0.3, -0.25) is 0 Å². The lowest BCUT2D eigenvalue weighted by atomic mass is 9.94. The number of hydrogen-bond donors (Lipinski definition) is 1. The molecular formula is C12H16O2. The highest BCUT2D eigenvalue weighted by Gasteiger charge is 2.18. The fourth-order valence-corrected chi connectivity index (χ4v) is 2.13. The highest BCUT2D eigenvalue weighted by Crippen LogP contribution is 2.26. The smallest absolute Gasteiger partial charge is 0.103 e. The number of rotatable bonds is 0. The second kappa shape index (κ2) is 3.71. The molecule has 0 aliphatic carbocycles. The number of ether oxygens (including phenoxy) is 1. The van der Waals surface area contributed by atoms with Crippen LogP contribution in [0.3, 0.4) is 0 Å². The van der Waals surface area contributed by atoms with Gasteiger partial charge in [0.2, 0.25) is 0 Å². The van der Waals surface area contributed by atoms with Crippen molar-refractivity contribution < 1.29 is 9.84 Å². The van der Waals surface area contributed by atoms with Gasteiger partial charge in [0.05, 0.1) is 13.2 Å². The summed E-state index contributed by atoms with van der Waals surface area (Å²) in [4.78, 5) is 0. The number of aliphatic hydroxyl groups excluding tert-OH is 1. The third-order valence-electron chi connectivity index (χ3n) is 2.78. The highest BCUT2D eigenvalue weighted by molar-refractivity contribution is 5.40. The highest BCUT2D eigenvalue weighted by atomic mass is 16.5. The average Bonchev–Trinajstić information content (AvgIpc) is 2.29. The van der Waals surface area contributed by atoms with E-state index in [1.807, 2.05) is 0 Å². The topological polar surface area (TPSA) is 29.5 Å². The molecule has 0 aromatic heterocycles. The minimum Gasteiger partial charge on any atom is -0.386 e. The van der Waals surface area contributed by atoms with Crippen LogP contribution in [0, 0.1) is 13.8 Å². The Bertz CT molecular complexity index is 344. The summed E-state index contributed by atoms with van der Waals surface area (Å²) in [5.41, 5.74) is 4.80. The Morgan fingerprint density at radius 1 is 1.36 bits per heavy atom. The van der Waals surface area contributed by atoms with Crippen molar-refractivity contribution in [2.24, 2.45) is 0 Å². The van der Waals surface area contributed by atoms with E-state index in [1.54, 1.807) is 0 Å². The van der Waals surface area contributed by atoms with Crippen molar-refractivity contribution in [2.45, 2.75) is 26.4 Å². The van der Waals surface area contributed by atoms with Crippen LogP contribution in [0.2, 0.25) is 0 Å². The van der Waals surface area contributed by atoms with E-state index in [0.29, 0.717) is 13.2 Å². The maximum Gasteiger partial charge on any atom is 0.103 e. The minimum atomic E-state index is -0.453. The molecular weight excluding hydrogens is 176 g/mol. The summed E-state index contributed by atoms with van der Waals surface area (Å²) < 4.78 is 5.33. The number of benzene rings is 1. The molecule has 0 bridgehead atoms. The van der Waals surface area contributed by atoms with E-state index in [-0.39, 0.29) is 0 Å². The van der Waals surface area contributed by atoms with Gasteiger partial charge in [-0.1, -0.05) is 17.7 Å². The van der Waals surface area contributed by atoms with Gasteiger partial charge in [-0.15, -0.1) is 0 Å². The van der Waals surface area contributed by atoms with Crippen molar-refractivity contribution in [3.8, 4) is 0 Å². The van der Waals surface area contributed by atoms with Gasteiger partial charge in [0.1, 0.15) is 6.10 Å². The Labute approximate surface area is 84.5 Å². The van der Waals surface area contributed by atoms with Crippen molar-refractivity contribution in [3.63, 3.8) is 0 Å². The van der Waals surface area contributed by atoms with Crippen molar-refractivity contribution in [2.75, 3.05) is 13.2 Å². The lowest BCUT2D eigenvalue weighted by Crippen LogP contribution is -2.05. The predicted octanol–water partition coefficient (Wildman–Crippen LogP) is 1.91. The minimum absolute atomic E-state index is 0.426. The van der Waals surface area contributed by atoms with E-state index in [1.165, 1.54) is 16.7 Å². The molecule has 0 spiro atoms. The van der Waals surface area contributed by atoms with Crippen LogP contribution in [-0.2, 0) is 11.2 Å². The van der Waals surface area contributed by atoms with Crippen LogP contribution < -0.4 is 0 Å². The SMILES string of the molecule is Cc1cc(C)c2c(c1)C(O)COCC2. The average molecular weight is 192 g/mol. The van der Waals surface area contributed by atoms with Crippen LogP contribution in [0.15, 0.2) is 12.1 Å². The van der Waals surface area contributed by atoms with E-state index in [9.17, 15) is 5.11 Å². The van der Waals surface area contributed by atoms with Gasteiger partial charge < -0.3 is 9.84 Å². The summed E-state index contributed by atoms with van der Waals surface area (Å²) in [6, 6.07) is 4.23. The van der Waals surface area contributed by atoms with E-state index in [0.717, 1.165) is 12.0 Å². The zero-order chi connectivity index (χ0) is 10.1. The molecule has 1 atom stereocenters. The molecule has 1 aliphatic rings. The van der Waals surface area contributed by atoms with Gasteiger partial charge >= 0.3 is 0 Å². The molecule has 2 rings (SSSR count). The van der Waals surface area contributed by atoms with Crippen molar-refractivity contribution >= 4 is 0 Å². The van der Waals surface area contributed by atoms with Crippen LogP contribution in [0.5, 0.6) is 0 Å². The number of hydrogen-bond acceptors (Lipinski definition) is 2. The monoisotopic (exact) mass is 192 g/mol. The zero-order valence-electron chi connectivity index (χ0n) is 8.71. The third-order valence-corrected chi connectivity index (χ3v) is 2.78. The number of fused-ring (bicyclic) bond motifs is 1. The summed E-state index contributed by atoms with van der Waals surface area (Å²) in [5.74, 6) is 0. The largest absolute Gasteiger partial charge is 0.386 e. The van der Waals surface area contributed by atoms with E-state index >= 15 is 0 Å². The van der Waals surface area contributed by atoms with Gasteiger partial charge in [0, 0.05) is 0 Å². The number of aliphatic hydroxyl groups is 1. The molecule has 2 heteroatoms. The number of aryl methyl sites for hydroxylation is 2. The first-order chi connectivity index (χ1) is 6.68. The Kier molecular flexibility index (Phi) is 2.57. The van der Waals surface area contributed by atoms with E-state index in [2.05, 4.69) is 26.0 Å². The molecule has 14 heavy (non-hydrogen) atoms. The summed E-state index contributed by atoms with van der Waals surface area (Å²) in [6.45, 7) is 5.31. The molecule has 0 radical (unpaired) electrons. The zero-order valence-corrected chi connectivity index (χ0v) is 8.71.